The SMILES string of the molecule is CCCCc1c(CCCC)c(CCCC)c2cc([N+](=O)[O-])ccc2c1CCCC. The summed E-state index contributed by atoms with van der Waals surface area (Å²) in [6.07, 6.45) is 13.8. The van der Waals surface area contributed by atoms with Crippen LogP contribution in [0.15, 0.2) is 18.2 Å². The minimum absolute atomic E-state index is 0.222. The molecule has 0 radical (unpaired) electrons. The van der Waals surface area contributed by atoms with Crippen LogP contribution >= 0.6 is 0 Å². The van der Waals surface area contributed by atoms with Crippen molar-refractivity contribution in [3.8, 4) is 0 Å². The van der Waals surface area contributed by atoms with Crippen molar-refractivity contribution in [2.75, 3.05) is 0 Å². The van der Waals surface area contributed by atoms with Gasteiger partial charge in [0, 0.05) is 12.1 Å². The third-order valence-electron chi connectivity index (χ3n) is 6.08. The van der Waals surface area contributed by atoms with Crippen LogP contribution < -0.4 is 0 Å². The lowest BCUT2D eigenvalue weighted by molar-refractivity contribution is -0.384. The number of unbranched alkanes of at least 4 members (excludes halogenated alkanes) is 4. The van der Waals surface area contributed by atoms with Gasteiger partial charge in [0.15, 0.2) is 0 Å². The molecule has 0 heterocycles. The standard InChI is InChI=1S/C26H39NO2/c1-5-9-13-21-22(14-10-6-2)24(16-12-8-4)26-19-20(27(28)29)17-18-25(26)23(21)15-11-7-3/h17-19H,5-16H2,1-4H3. The summed E-state index contributed by atoms with van der Waals surface area (Å²) in [5.74, 6) is 0. The molecule has 0 saturated carbocycles. The van der Waals surface area contributed by atoms with E-state index in [9.17, 15) is 10.1 Å². The Bertz CT molecular complexity index is 810. The number of hydrogen-bond donors (Lipinski definition) is 0. The van der Waals surface area contributed by atoms with Crippen molar-refractivity contribution >= 4 is 16.5 Å². The van der Waals surface area contributed by atoms with Crippen LogP contribution in [0.25, 0.3) is 10.8 Å². The zero-order chi connectivity index (χ0) is 21.2. The molecule has 0 unspecified atom stereocenters. The van der Waals surface area contributed by atoms with Gasteiger partial charge in [0.2, 0.25) is 0 Å². The maximum atomic E-state index is 11.5. The molecule has 2 aromatic rings. The molecule has 0 amide bonds. The van der Waals surface area contributed by atoms with Gasteiger partial charge in [-0.2, -0.15) is 0 Å². The van der Waals surface area contributed by atoms with Crippen molar-refractivity contribution in [1.82, 2.24) is 0 Å². The third-order valence-corrected chi connectivity index (χ3v) is 6.08. The number of fused-ring (bicyclic) bond motifs is 1. The number of nitro benzene ring substituents is 1. The van der Waals surface area contributed by atoms with Crippen LogP contribution in [-0.2, 0) is 25.7 Å². The van der Waals surface area contributed by atoms with Gasteiger partial charge in [0.05, 0.1) is 4.92 Å². The Morgan fingerprint density at radius 1 is 0.655 bits per heavy atom. The van der Waals surface area contributed by atoms with E-state index >= 15 is 0 Å². The summed E-state index contributed by atoms with van der Waals surface area (Å²) in [6, 6.07) is 5.60. The van der Waals surface area contributed by atoms with Crippen molar-refractivity contribution in [3.05, 3.63) is 50.6 Å². The van der Waals surface area contributed by atoms with Gasteiger partial charge in [-0.05, 0) is 90.5 Å². The average molecular weight is 398 g/mol. The number of benzene rings is 2. The van der Waals surface area contributed by atoms with E-state index in [-0.39, 0.29) is 10.6 Å². The normalized spacial score (nSPS) is 11.3. The molecule has 3 nitrogen and oxygen atoms in total. The van der Waals surface area contributed by atoms with Gasteiger partial charge in [-0.25, -0.2) is 0 Å². The highest BCUT2D eigenvalue weighted by Crippen LogP contribution is 2.36. The van der Waals surface area contributed by atoms with Crippen LogP contribution in [0.1, 0.15) is 101 Å². The van der Waals surface area contributed by atoms with Crippen LogP contribution in [0, 0.1) is 10.1 Å². The number of non-ortho nitro benzene ring substituents is 1. The smallest absolute Gasteiger partial charge is 0.258 e. The van der Waals surface area contributed by atoms with Crippen LogP contribution in [0.2, 0.25) is 0 Å². The number of rotatable bonds is 13. The Morgan fingerprint density at radius 2 is 1.07 bits per heavy atom. The van der Waals surface area contributed by atoms with Crippen LogP contribution in [-0.4, -0.2) is 4.92 Å². The molecule has 3 heteroatoms. The van der Waals surface area contributed by atoms with E-state index in [1.54, 1.807) is 11.6 Å². The van der Waals surface area contributed by atoms with Gasteiger partial charge in [-0.3, -0.25) is 10.1 Å². The molecule has 0 atom stereocenters. The largest absolute Gasteiger partial charge is 0.270 e. The lowest BCUT2D eigenvalue weighted by Crippen LogP contribution is -2.08. The van der Waals surface area contributed by atoms with E-state index < -0.39 is 0 Å². The zero-order valence-corrected chi connectivity index (χ0v) is 19.0. The molecule has 0 aliphatic carbocycles. The molecule has 0 spiro atoms. The highest BCUT2D eigenvalue weighted by Gasteiger charge is 2.20. The van der Waals surface area contributed by atoms with Crippen molar-refractivity contribution in [2.45, 2.75) is 105 Å². The minimum atomic E-state index is -0.245. The maximum Gasteiger partial charge on any atom is 0.270 e. The number of aryl methyl sites for hydroxylation is 2. The average Bonchev–Trinajstić information content (AvgIpc) is 2.73. The summed E-state index contributed by atoms with van der Waals surface area (Å²) in [5, 5.41) is 13.9. The predicted octanol–water partition coefficient (Wildman–Crippen LogP) is 8.12. The van der Waals surface area contributed by atoms with Crippen molar-refractivity contribution < 1.29 is 4.92 Å². The molecule has 29 heavy (non-hydrogen) atoms. The topological polar surface area (TPSA) is 43.1 Å². The van der Waals surface area contributed by atoms with Gasteiger partial charge >= 0.3 is 0 Å². The van der Waals surface area contributed by atoms with E-state index in [2.05, 4.69) is 27.7 Å². The highest BCUT2D eigenvalue weighted by atomic mass is 16.6. The summed E-state index contributed by atoms with van der Waals surface area (Å²) in [4.78, 5) is 11.3. The Hall–Kier alpha value is -1.90. The van der Waals surface area contributed by atoms with E-state index in [0.29, 0.717) is 0 Å². The lowest BCUT2D eigenvalue weighted by Gasteiger charge is -2.23. The van der Waals surface area contributed by atoms with E-state index in [4.69, 9.17) is 0 Å². The minimum Gasteiger partial charge on any atom is -0.258 e. The summed E-state index contributed by atoms with van der Waals surface area (Å²) in [5.41, 5.74) is 6.18. The van der Waals surface area contributed by atoms with E-state index in [1.165, 1.54) is 60.6 Å². The first-order valence-electron chi connectivity index (χ1n) is 11.8. The van der Waals surface area contributed by atoms with Gasteiger partial charge in [-0.1, -0.05) is 53.4 Å². The Morgan fingerprint density at radius 3 is 1.48 bits per heavy atom. The molecule has 2 aromatic carbocycles. The summed E-state index contributed by atoms with van der Waals surface area (Å²) >= 11 is 0. The summed E-state index contributed by atoms with van der Waals surface area (Å²) in [6.45, 7) is 8.98. The predicted molar refractivity (Wildman–Crippen MR) is 125 cm³/mol. The summed E-state index contributed by atoms with van der Waals surface area (Å²) < 4.78 is 0. The first-order valence-corrected chi connectivity index (χ1v) is 11.8. The van der Waals surface area contributed by atoms with Crippen molar-refractivity contribution in [3.63, 3.8) is 0 Å². The van der Waals surface area contributed by atoms with E-state index in [0.717, 1.165) is 43.9 Å². The first-order chi connectivity index (χ1) is 14.1. The molecule has 0 N–H and O–H groups in total. The fraction of sp³-hybridized carbons (Fsp3) is 0.615. The quantitative estimate of drug-likeness (QED) is 0.253. The van der Waals surface area contributed by atoms with E-state index in [1.807, 2.05) is 12.1 Å². The second kappa shape index (κ2) is 11.9. The molecule has 0 aliphatic rings. The Labute approximate surface area is 177 Å². The molecule has 0 saturated heterocycles. The van der Waals surface area contributed by atoms with Crippen LogP contribution in [0.3, 0.4) is 0 Å². The number of hydrogen-bond acceptors (Lipinski definition) is 2. The molecular weight excluding hydrogens is 358 g/mol. The molecular formula is C26H39NO2. The van der Waals surface area contributed by atoms with Gasteiger partial charge in [0.25, 0.3) is 5.69 Å². The monoisotopic (exact) mass is 397 g/mol. The van der Waals surface area contributed by atoms with Gasteiger partial charge in [-0.15, -0.1) is 0 Å². The number of nitrogens with zero attached hydrogens (tertiary/aromatic N) is 1. The third kappa shape index (κ3) is 5.81. The summed E-state index contributed by atoms with van der Waals surface area (Å²) in [7, 11) is 0. The molecule has 0 fully saturated rings. The highest BCUT2D eigenvalue weighted by molar-refractivity contribution is 5.93. The maximum absolute atomic E-state index is 11.5. The molecule has 0 aromatic heterocycles. The fourth-order valence-corrected chi connectivity index (χ4v) is 4.44. The van der Waals surface area contributed by atoms with Crippen LogP contribution in [0.4, 0.5) is 5.69 Å². The lowest BCUT2D eigenvalue weighted by atomic mass is 9.81. The Balaban J connectivity index is 2.83. The molecule has 2 rings (SSSR count). The molecule has 160 valence electrons. The molecule has 0 aliphatic heterocycles. The van der Waals surface area contributed by atoms with Gasteiger partial charge in [0.1, 0.15) is 0 Å². The van der Waals surface area contributed by atoms with Crippen molar-refractivity contribution in [1.29, 1.82) is 0 Å². The van der Waals surface area contributed by atoms with Crippen molar-refractivity contribution in [2.24, 2.45) is 0 Å². The number of nitro groups is 1. The van der Waals surface area contributed by atoms with Gasteiger partial charge < -0.3 is 0 Å². The second-order valence-electron chi connectivity index (χ2n) is 8.32. The Kier molecular flexibility index (Phi) is 9.63. The zero-order valence-electron chi connectivity index (χ0n) is 19.0. The fourth-order valence-electron chi connectivity index (χ4n) is 4.44. The molecule has 0 bridgehead atoms. The first kappa shape index (κ1) is 23.4. The second-order valence-corrected chi connectivity index (χ2v) is 8.32. The van der Waals surface area contributed by atoms with Crippen LogP contribution in [0.5, 0.6) is 0 Å².